The molecule has 1 fully saturated rings. The first kappa shape index (κ1) is 12.9. The number of amides is 1. The molecule has 1 aliphatic rings. The molecule has 5 heteroatoms. The Morgan fingerprint density at radius 1 is 1.39 bits per heavy atom. The molecule has 1 aliphatic carbocycles. The summed E-state index contributed by atoms with van der Waals surface area (Å²) in [4.78, 5) is 12.2. The molecule has 0 aliphatic heterocycles. The molecule has 1 heterocycles. The number of methoxy groups -OCH3 is 1. The van der Waals surface area contributed by atoms with Crippen LogP contribution in [0.5, 0.6) is 5.88 Å². The predicted molar refractivity (Wildman–Crippen MR) is 68.7 cm³/mol. The molecule has 5 nitrogen and oxygen atoms in total. The minimum atomic E-state index is -0.0770. The van der Waals surface area contributed by atoms with Crippen molar-refractivity contribution in [3.8, 4) is 5.88 Å². The maximum Gasteiger partial charge on any atom is 0.258 e. The Morgan fingerprint density at radius 3 is 2.67 bits per heavy atom. The Hall–Kier alpha value is -1.52. The molecule has 1 aromatic heterocycles. The molecule has 100 valence electrons. The van der Waals surface area contributed by atoms with Crippen molar-refractivity contribution in [3.05, 3.63) is 11.8 Å². The summed E-state index contributed by atoms with van der Waals surface area (Å²) in [6, 6.07) is 0.296. The van der Waals surface area contributed by atoms with E-state index in [9.17, 15) is 4.79 Å². The van der Waals surface area contributed by atoms with Gasteiger partial charge < -0.3 is 10.1 Å². The third-order valence-corrected chi connectivity index (χ3v) is 3.42. The van der Waals surface area contributed by atoms with E-state index in [-0.39, 0.29) is 5.91 Å². The first-order valence-electron chi connectivity index (χ1n) is 6.59. The first-order chi connectivity index (χ1) is 8.70. The monoisotopic (exact) mass is 251 g/mol. The van der Waals surface area contributed by atoms with Crippen LogP contribution < -0.4 is 10.1 Å². The smallest absolute Gasteiger partial charge is 0.258 e. The van der Waals surface area contributed by atoms with Crippen LogP contribution in [-0.2, 0) is 7.05 Å². The van der Waals surface area contributed by atoms with E-state index in [0.29, 0.717) is 17.5 Å². The normalized spacial score (nSPS) is 17.2. The second-order valence-corrected chi connectivity index (χ2v) is 4.89. The molecule has 1 amide bonds. The molecular weight excluding hydrogens is 230 g/mol. The van der Waals surface area contributed by atoms with Crippen molar-refractivity contribution in [2.45, 2.75) is 44.6 Å². The fourth-order valence-electron chi connectivity index (χ4n) is 2.46. The highest BCUT2D eigenvalue weighted by molar-refractivity contribution is 5.96. The van der Waals surface area contributed by atoms with Gasteiger partial charge >= 0.3 is 0 Å². The number of aromatic nitrogens is 2. The number of ether oxygens (including phenoxy) is 1. The largest absolute Gasteiger partial charge is 0.479 e. The predicted octanol–water partition coefficient (Wildman–Crippen LogP) is 1.88. The standard InChI is InChI=1S/C13H21N3O2/c1-16-9-11(13(15-16)18-2)12(17)14-10-7-5-3-4-6-8-10/h9-10H,3-8H2,1-2H3,(H,14,17). The zero-order valence-corrected chi connectivity index (χ0v) is 11.1. The summed E-state index contributed by atoms with van der Waals surface area (Å²) in [6.45, 7) is 0. The second kappa shape index (κ2) is 5.89. The van der Waals surface area contributed by atoms with Gasteiger partial charge in [0.15, 0.2) is 0 Å². The van der Waals surface area contributed by atoms with Gasteiger partial charge in [0.05, 0.1) is 7.11 Å². The van der Waals surface area contributed by atoms with E-state index in [1.807, 2.05) is 0 Å². The van der Waals surface area contributed by atoms with Crippen molar-refractivity contribution in [1.82, 2.24) is 15.1 Å². The SMILES string of the molecule is COc1nn(C)cc1C(=O)NC1CCCCCC1. The fraction of sp³-hybridized carbons (Fsp3) is 0.692. The molecule has 1 N–H and O–H groups in total. The van der Waals surface area contributed by atoms with Crippen LogP contribution >= 0.6 is 0 Å². The number of carbonyl (C=O) groups is 1. The van der Waals surface area contributed by atoms with Gasteiger partial charge in [0, 0.05) is 19.3 Å². The summed E-state index contributed by atoms with van der Waals surface area (Å²) in [6.07, 6.45) is 8.82. The zero-order chi connectivity index (χ0) is 13.0. The van der Waals surface area contributed by atoms with Gasteiger partial charge in [0.25, 0.3) is 5.91 Å². The summed E-state index contributed by atoms with van der Waals surface area (Å²) >= 11 is 0. The maximum atomic E-state index is 12.2. The van der Waals surface area contributed by atoms with Crippen molar-refractivity contribution < 1.29 is 9.53 Å². The van der Waals surface area contributed by atoms with Crippen molar-refractivity contribution in [2.24, 2.45) is 7.05 Å². The van der Waals surface area contributed by atoms with Crippen LogP contribution in [0.2, 0.25) is 0 Å². The Kier molecular flexibility index (Phi) is 4.23. The Labute approximate surface area is 108 Å². The number of hydrogen-bond acceptors (Lipinski definition) is 3. The summed E-state index contributed by atoms with van der Waals surface area (Å²) in [7, 11) is 3.32. The van der Waals surface area contributed by atoms with Crippen LogP contribution in [-0.4, -0.2) is 28.8 Å². The average Bonchev–Trinajstić information content (AvgIpc) is 2.57. The van der Waals surface area contributed by atoms with Gasteiger partial charge in [0.2, 0.25) is 5.88 Å². The average molecular weight is 251 g/mol. The summed E-state index contributed by atoms with van der Waals surface area (Å²) in [5.74, 6) is 0.315. The highest BCUT2D eigenvalue weighted by Gasteiger charge is 2.20. The van der Waals surface area contributed by atoms with E-state index >= 15 is 0 Å². The lowest BCUT2D eigenvalue weighted by Gasteiger charge is -2.15. The van der Waals surface area contributed by atoms with Crippen molar-refractivity contribution in [2.75, 3.05) is 7.11 Å². The number of rotatable bonds is 3. The number of aryl methyl sites for hydroxylation is 1. The summed E-state index contributed by atoms with van der Waals surface area (Å²) < 4.78 is 6.71. The molecule has 2 rings (SSSR count). The van der Waals surface area contributed by atoms with Crippen LogP contribution in [0.4, 0.5) is 0 Å². The van der Waals surface area contributed by atoms with Gasteiger partial charge in [-0.3, -0.25) is 9.48 Å². The lowest BCUT2D eigenvalue weighted by molar-refractivity contribution is 0.0930. The van der Waals surface area contributed by atoms with Gasteiger partial charge in [0.1, 0.15) is 5.56 Å². The van der Waals surface area contributed by atoms with Gasteiger partial charge in [-0.2, -0.15) is 0 Å². The van der Waals surface area contributed by atoms with E-state index in [1.165, 1.54) is 32.8 Å². The van der Waals surface area contributed by atoms with Crippen LogP contribution in [0.25, 0.3) is 0 Å². The Morgan fingerprint density at radius 2 is 2.06 bits per heavy atom. The molecule has 0 aromatic carbocycles. The third-order valence-electron chi connectivity index (χ3n) is 3.42. The summed E-state index contributed by atoms with van der Waals surface area (Å²) in [5.41, 5.74) is 0.518. The van der Waals surface area contributed by atoms with Crippen molar-refractivity contribution in [3.63, 3.8) is 0 Å². The zero-order valence-electron chi connectivity index (χ0n) is 11.1. The number of hydrogen-bond donors (Lipinski definition) is 1. The molecular formula is C13H21N3O2. The molecule has 0 saturated heterocycles. The lowest BCUT2D eigenvalue weighted by Crippen LogP contribution is -2.34. The molecule has 1 aromatic rings. The highest BCUT2D eigenvalue weighted by atomic mass is 16.5. The topological polar surface area (TPSA) is 56.2 Å². The van der Waals surface area contributed by atoms with Gasteiger partial charge in [-0.15, -0.1) is 5.10 Å². The van der Waals surface area contributed by atoms with E-state index in [1.54, 1.807) is 17.9 Å². The minimum absolute atomic E-state index is 0.0770. The van der Waals surface area contributed by atoms with Gasteiger partial charge in [-0.05, 0) is 12.8 Å². The second-order valence-electron chi connectivity index (χ2n) is 4.89. The van der Waals surface area contributed by atoms with Crippen LogP contribution in [0.1, 0.15) is 48.9 Å². The number of nitrogens with one attached hydrogen (secondary N) is 1. The number of nitrogens with zero attached hydrogens (tertiary/aromatic N) is 2. The lowest BCUT2D eigenvalue weighted by atomic mass is 10.1. The van der Waals surface area contributed by atoms with Crippen molar-refractivity contribution >= 4 is 5.91 Å². The fourth-order valence-corrected chi connectivity index (χ4v) is 2.46. The van der Waals surface area contributed by atoms with Crippen molar-refractivity contribution in [1.29, 1.82) is 0 Å². The van der Waals surface area contributed by atoms with Crippen LogP contribution in [0.3, 0.4) is 0 Å². The van der Waals surface area contributed by atoms with E-state index in [2.05, 4.69) is 10.4 Å². The van der Waals surface area contributed by atoms with Crippen LogP contribution in [0, 0.1) is 0 Å². The molecule has 0 radical (unpaired) electrons. The van der Waals surface area contributed by atoms with E-state index < -0.39 is 0 Å². The maximum absolute atomic E-state index is 12.2. The van der Waals surface area contributed by atoms with Gasteiger partial charge in [-0.25, -0.2) is 0 Å². The molecule has 0 unspecified atom stereocenters. The molecule has 18 heavy (non-hydrogen) atoms. The minimum Gasteiger partial charge on any atom is -0.479 e. The molecule has 0 atom stereocenters. The van der Waals surface area contributed by atoms with E-state index in [0.717, 1.165) is 12.8 Å². The first-order valence-corrected chi connectivity index (χ1v) is 6.59. The summed E-state index contributed by atoms with van der Waals surface area (Å²) in [5, 5.41) is 7.19. The third kappa shape index (κ3) is 3.03. The van der Waals surface area contributed by atoms with Gasteiger partial charge in [-0.1, -0.05) is 25.7 Å². The quantitative estimate of drug-likeness (QED) is 0.834. The molecule has 0 bridgehead atoms. The Balaban J connectivity index is 2.01. The molecule has 0 spiro atoms. The van der Waals surface area contributed by atoms with Crippen LogP contribution in [0.15, 0.2) is 6.20 Å². The van der Waals surface area contributed by atoms with E-state index in [4.69, 9.17) is 4.74 Å². The Bertz CT molecular complexity index is 406. The number of carbonyl (C=O) groups excluding carboxylic acids is 1. The molecule has 1 saturated carbocycles. The highest BCUT2D eigenvalue weighted by Crippen LogP contribution is 2.19.